The van der Waals surface area contributed by atoms with Gasteiger partial charge in [-0.25, -0.2) is 4.98 Å². The van der Waals surface area contributed by atoms with Crippen molar-refractivity contribution >= 4 is 17.4 Å². The summed E-state index contributed by atoms with van der Waals surface area (Å²) in [5, 5.41) is 12.8. The van der Waals surface area contributed by atoms with E-state index in [4.69, 9.17) is 22.6 Å². The summed E-state index contributed by atoms with van der Waals surface area (Å²) in [6, 6.07) is 3.69. The van der Waals surface area contributed by atoms with Crippen LogP contribution >= 0.6 is 11.6 Å². The fraction of sp³-hybridized carbons (Fsp3) is 0.571. The molecule has 1 heterocycles. The highest BCUT2D eigenvalue weighted by Gasteiger charge is 2.37. The van der Waals surface area contributed by atoms with Crippen molar-refractivity contribution in [3.63, 3.8) is 0 Å². The summed E-state index contributed by atoms with van der Waals surface area (Å²) in [5.74, 6) is 1.04. The molecular formula is C14H19ClN4. The van der Waals surface area contributed by atoms with Crippen LogP contribution in [0.4, 0.5) is 5.82 Å². The second-order valence-corrected chi connectivity index (χ2v) is 5.64. The molecule has 0 bridgehead atoms. The molecule has 1 aliphatic rings. The second kappa shape index (κ2) is 5.77. The Morgan fingerprint density at radius 3 is 3.05 bits per heavy atom. The molecule has 19 heavy (non-hydrogen) atoms. The van der Waals surface area contributed by atoms with Gasteiger partial charge in [0, 0.05) is 12.7 Å². The fourth-order valence-electron chi connectivity index (χ4n) is 2.81. The third-order valence-electron chi connectivity index (χ3n) is 4.19. The van der Waals surface area contributed by atoms with E-state index in [0.29, 0.717) is 28.9 Å². The van der Waals surface area contributed by atoms with E-state index in [1.807, 2.05) is 0 Å². The Balaban J connectivity index is 2.31. The first kappa shape index (κ1) is 14.1. The first-order chi connectivity index (χ1) is 9.13. The number of pyridine rings is 1. The number of nitrogens with zero attached hydrogens (tertiary/aromatic N) is 2. The van der Waals surface area contributed by atoms with Gasteiger partial charge in [0.2, 0.25) is 0 Å². The number of anilines is 1. The van der Waals surface area contributed by atoms with E-state index < -0.39 is 0 Å². The minimum Gasteiger partial charge on any atom is -0.362 e. The highest BCUT2D eigenvalue weighted by Crippen LogP contribution is 2.37. The predicted octanol–water partition coefficient (Wildman–Crippen LogP) is 2.93. The zero-order valence-electron chi connectivity index (χ0n) is 11.1. The van der Waals surface area contributed by atoms with Gasteiger partial charge in [-0.15, -0.1) is 0 Å². The summed E-state index contributed by atoms with van der Waals surface area (Å²) in [5.41, 5.74) is 6.27. The Morgan fingerprint density at radius 2 is 2.42 bits per heavy atom. The van der Waals surface area contributed by atoms with E-state index in [1.54, 1.807) is 12.3 Å². The van der Waals surface area contributed by atoms with Crippen LogP contribution < -0.4 is 11.1 Å². The molecule has 1 aliphatic carbocycles. The number of hydrogen-bond donors (Lipinski definition) is 2. The molecule has 1 fully saturated rings. The van der Waals surface area contributed by atoms with Gasteiger partial charge in [-0.2, -0.15) is 5.26 Å². The maximum absolute atomic E-state index is 9.01. The Morgan fingerprint density at radius 1 is 1.63 bits per heavy atom. The molecule has 0 radical (unpaired) electrons. The summed E-state index contributed by atoms with van der Waals surface area (Å²) in [6.45, 7) is 2.75. The highest BCUT2D eigenvalue weighted by atomic mass is 35.5. The Kier molecular flexibility index (Phi) is 4.28. The van der Waals surface area contributed by atoms with Gasteiger partial charge in [0.25, 0.3) is 0 Å². The van der Waals surface area contributed by atoms with Crippen LogP contribution in [0.3, 0.4) is 0 Å². The van der Waals surface area contributed by atoms with Gasteiger partial charge in [0.1, 0.15) is 16.9 Å². The number of rotatable bonds is 3. The van der Waals surface area contributed by atoms with E-state index in [0.717, 1.165) is 19.3 Å². The quantitative estimate of drug-likeness (QED) is 0.891. The molecule has 2 unspecified atom stereocenters. The number of nitriles is 1. The van der Waals surface area contributed by atoms with Gasteiger partial charge in [-0.3, -0.25) is 0 Å². The molecule has 2 atom stereocenters. The third kappa shape index (κ3) is 2.68. The zero-order valence-corrected chi connectivity index (χ0v) is 11.9. The summed E-state index contributed by atoms with van der Waals surface area (Å²) in [4.78, 5) is 4.26. The maximum Gasteiger partial charge on any atom is 0.146 e. The lowest BCUT2D eigenvalue weighted by Crippen LogP contribution is -2.52. The molecule has 2 rings (SSSR count). The van der Waals surface area contributed by atoms with Gasteiger partial charge >= 0.3 is 0 Å². The van der Waals surface area contributed by atoms with E-state index in [-0.39, 0.29) is 5.54 Å². The van der Waals surface area contributed by atoms with Crippen molar-refractivity contribution in [1.82, 2.24) is 4.98 Å². The number of hydrogen-bond acceptors (Lipinski definition) is 4. The van der Waals surface area contributed by atoms with Crippen molar-refractivity contribution in [2.24, 2.45) is 11.7 Å². The van der Waals surface area contributed by atoms with E-state index in [9.17, 15) is 0 Å². The lowest BCUT2D eigenvalue weighted by atomic mass is 9.73. The number of nitrogens with two attached hydrogens (primary N) is 1. The molecule has 5 heteroatoms. The highest BCUT2D eigenvalue weighted by molar-refractivity contribution is 6.34. The Hall–Kier alpha value is -1.31. The molecule has 1 aromatic heterocycles. The SMILES string of the molecule is CC1CCCCC1(CN)Nc1nccc(C#N)c1Cl. The molecule has 0 amide bonds. The van der Waals surface area contributed by atoms with Crippen LogP contribution in [0, 0.1) is 17.2 Å². The van der Waals surface area contributed by atoms with Crippen LogP contribution in [-0.2, 0) is 0 Å². The second-order valence-electron chi connectivity index (χ2n) is 5.26. The summed E-state index contributed by atoms with van der Waals surface area (Å²) < 4.78 is 0. The zero-order chi connectivity index (χ0) is 13.9. The van der Waals surface area contributed by atoms with E-state index >= 15 is 0 Å². The van der Waals surface area contributed by atoms with Crippen molar-refractivity contribution in [3.8, 4) is 6.07 Å². The van der Waals surface area contributed by atoms with Crippen LogP contribution in [-0.4, -0.2) is 17.1 Å². The van der Waals surface area contributed by atoms with Crippen molar-refractivity contribution in [1.29, 1.82) is 5.26 Å². The molecule has 102 valence electrons. The van der Waals surface area contributed by atoms with Crippen molar-refractivity contribution in [2.45, 2.75) is 38.1 Å². The minimum atomic E-state index is -0.164. The lowest BCUT2D eigenvalue weighted by molar-refractivity contribution is 0.235. The molecule has 0 spiro atoms. The largest absolute Gasteiger partial charge is 0.362 e. The van der Waals surface area contributed by atoms with Crippen LogP contribution in [0.2, 0.25) is 5.02 Å². The van der Waals surface area contributed by atoms with Crippen LogP contribution in [0.15, 0.2) is 12.3 Å². The first-order valence-electron chi connectivity index (χ1n) is 6.66. The van der Waals surface area contributed by atoms with Crippen LogP contribution in [0.25, 0.3) is 0 Å². The average Bonchev–Trinajstić information content (AvgIpc) is 2.44. The molecule has 0 aromatic carbocycles. The fourth-order valence-corrected chi connectivity index (χ4v) is 3.01. The van der Waals surface area contributed by atoms with Gasteiger partial charge < -0.3 is 11.1 Å². The van der Waals surface area contributed by atoms with Gasteiger partial charge in [-0.1, -0.05) is 31.4 Å². The van der Waals surface area contributed by atoms with E-state index in [2.05, 4.69) is 23.3 Å². The summed E-state index contributed by atoms with van der Waals surface area (Å²) in [6.07, 6.45) is 6.16. The molecule has 1 saturated carbocycles. The number of halogens is 1. The summed E-state index contributed by atoms with van der Waals surface area (Å²) in [7, 11) is 0. The maximum atomic E-state index is 9.01. The smallest absolute Gasteiger partial charge is 0.146 e. The van der Waals surface area contributed by atoms with Crippen molar-refractivity contribution in [2.75, 3.05) is 11.9 Å². The van der Waals surface area contributed by atoms with Crippen molar-refractivity contribution < 1.29 is 0 Å². The minimum absolute atomic E-state index is 0.164. The van der Waals surface area contributed by atoms with Gasteiger partial charge in [0.05, 0.1) is 11.1 Å². The Labute approximate surface area is 119 Å². The average molecular weight is 279 g/mol. The normalized spacial score (nSPS) is 26.7. The molecule has 3 N–H and O–H groups in total. The monoisotopic (exact) mass is 278 g/mol. The predicted molar refractivity (Wildman–Crippen MR) is 77.0 cm³/mol. The standard InChI is InChI=1S/C14H19ClN4/c1-10-4-2-3-6-14(10,9-17)19-13-12(15)11(8-16)5-7-18-13/h5,7,10H,2-4,6,9,17H2,1H3,(H,18,19). The van der Waals surface area contributed by atoms with Crippen LogP contribution in [0.1, 0.15) is 38.2 Å². The molecule has 0 saturated heterocycles. The lowest BCUT2D eigenvalue weighted by Gasteiger charge is -2.43. The number of nitrogens with one attached hydrogen (secondary N) is 1. The van der Waals surface area contributed by atoms with Crippen LogP contribution in [0.5, 0.6) is 0 Å². The topological polar surface area (TPSA) is 74.7 Å². The van der Waals surface area contributed by atoms with Gasteiger partial charge in [0.15, 0.2) is 0 Å². The third-order valence-corrected chi connectivity index (χ3v) is 4.58. The molecule has 4 nitrogen and oxygen atoms in total. The summed E-state index contributed by atoms with van der Waals surface area (Å²) >= 11 is 6.21. The number of aromatic nitrogens is 1. The van der Waals surface area contributed by atoms with Crippen molar-refractivity contribution in [3.05, 3.63) is 22.8 Å². The van der Waals surface area contributed by atoms with Gasteiger partial charge in [-0.05, 0) is 24.8 Å². The molecule has 0 aliphatic heterocycles. The molecular weight excluding hydrogens is 260 g/mol. The first-order valence-corrected chi connectivity index (χ1v) is 7.03. The Bertz CT molecular complexity index is 497. The van der Waals surface area contributed by atoms with E-state index in [1.165, 1.54) is 6.42 Å². The molecule has 1 aromatic rings.